The van der Waals surface area contributed by atoms with E-state index in [0.29, 0.717) is 6.16 Å². The van der Waals surface area contributed by atoms with E-state index in [-0.39, 0.29) is 8.46 Å². The lowest BCUT2D eigenvalue weighted by molar-refractivity contribution is 0.598. The molecule has 9 heavy (non-hydrogen) atoms. The molecule has 0 fully saturated rings. The lowest BCUT2D eigenvalue weighted by atomic mass is 10.8. The number of nitrogens with zero attached hydrogens (tertiary/aromatic N) is 1. The quantitative estimate of drug-likeness (QED) is 0.722. The van der Waals surface area contributed by atoms with Crippen molar-refractivity contribution in [1.29, 1.82) is 0 Å². The van der Waals surface area contributed by atoms with Gasteiger partial charge in [0.25, 0.3) is 0 Å². The molecule has 1 heterocycles. The average Bonchev–Trinajstić information content (AvgIpc) is 2.17. The van der Waals surface area contributed by atoms with Crippen molar-refractivity contribution in [1.82, 2.24) is 4.98 Å². The van der Waals surface area contributed by atoms with Gasteiger partial charge in [-0.1, -0.05) is 0 Å². The van der Waals surface area contributed by atoms with E-state index in [0.717, 1.165) is 8.79 Å². The van der Waals surface area contributed by atoms with E-state index in [1.807, 2.05) is 0 Å². The van der Waals surface area contributed by atoms with Crippen LogP contribution in [0.25, 0.3) is 0 Å². The molecule has 2 nitrogen and oxygen atoms in total. The van der Waals surface area contributed by atoms with Gasteiger partial charge in [-0.3, -0.25) is 4.57 Å². The molecular formula is C4H3BrNOPS. The molecule has 0 aliphatic heterocycles. The summed E-state index contributed by atoms with van der Waals surface area (Å²) in [5.74, 6) is 0. The molecule has 5 heteroatoms. The van der Waals surface area contributed by atoms with Gasteiger partial charge < -0.3 is 0 Å². The Labute approximate surface area is 66.6 Å². The molecular weight excluding hydrogens is 221 g/mol. The fraction of sp³-hybridized carbons (Fsp3) is 0.250. The van der Waals surface area contributed by atoms with Crippen LogP contribution in [0.4, 0.5) is 0 Å². The maximum absolute atomic E-state index is 10.0. The smallest absolute Gasteiger partial charge is 0.162 e. The van der Waals surface area contributed by atoms with Crippen LogP contribution < -0.4 is 0 Å². The van der Waals surface area contributed by atoms with Gasteiger partial charge >= 0.3 is 0 Å². The van der Waals surface area contributed by atoms with Crippen LogP contribution in [-0.2, 0) is 10.7 Å². The van der Waals surface area contributed by atoms with Crippen molar-refractivity contribution in [2.24, 2.45) is 0 Å². The lowest BCUT2D eigenvalue weighted by Crippen LogP contribution is -1.68. The Morgan fingerprint density at radius 1 is 1.89 bits per heavy atom. The van der Waals surface area contributed by atoms with Gasteiger partial charge in [0.05, 0.1) is 16.1 Å². The lowest BCUT2D eigenvalue weighted by Gasteiger charge is -1.76. The number of thiazole rings is 1. The van der Waals surface area contributed by atoms with Gasteiger partial charge in [-0.2, -0.15) is 0 Å². The summed E-state index contributed by atoms with van der Waals surface area (Å²) < 4.78 is 11.0. The van der Waals surface area contributed by atoms with Crippen molar-refractivity contribution in [2.45, 2.75) is 6.16 Å². The number of hydrogen-bond acceptors (Lipinski definition) is 3. The Morgan fingerprint density at radius 3 is 3.11 bits per heavy atom. The summed E-state index contributed by atoms with van der Waals surface area (Å²) in [6.07, 6.45) is 2.24. The molecule has 48 valence electrons. The van der Waals surface area contributed by atoms with E-state index < -0.39 is 0 Å². The number of rotatable bonds is 2. The maximum Gasteiger partial charge on any atom is 0.162 e. The molecule has 0 unspecified atom stereocenters. The predicted octanol–water partition coefficient (Wildman–Crippen LogP) is 2.70. The van der Waals surface area contributed by atoms with Crippen molar-refractivity contribution in [3.8, 4) is 0 Å². The van der Waals surface area contributed by atoms with Crippen LogP contribution in [0.1, 0.15) is 5.01 Å². The third-order valence-electron chi connectivity index (χ3n) is 0.725. The third kappa shape index (κ3) is 2.12. The highest BCUT2D eigenvalue weighted by Crippen LogP contribution is 2.21. The van der Waals surface area contributed by atoms with Crippen LogP contribution in [0.15, 0.2) is 9.98 Å². The van der Waals surface area contributed by atoms with Crippen LogP contribution in [0.2, 0.25) is 0 Å². The van der Waals surface area contributed by atoms with Crippen molar-refractivity contribution >= 4 is 35.7 Å². The van der Waals surface area contributed by atoms with Crippen LogP contribution in [-0.4, -0.2) is 4.98 Å². The SMILES string of the molecule is O=PCc1ncc(Br)s1. The van der Waals surface area contributed by atoms with E-state index in [4.69, 9.17) is 0 Å². The molecule has 1 aromatic heterocycles. The summed E-state index contributed by atoms with van der Waals surface area (Å²) in [6.45, 7) is 0. The minimum Gasteiger partial charge on any atom is -0.275 e. The normalized spacial score (nSPS) is 10.3. The second-order valence-corrected chi connectivity index (χ2v) is 4.41. The van der Waals surface area contributed by atoms with E-state index >= 15 is 0 Å². The highest BCUT2D eigenvalue weighted by atomic mass is 79.9. The molecule has 0 aliphatic carbocycles. The molecule has 0 bridgehead atoms. The van der Waals surface area contributed by atoms with Crippen LogP contribution in [0.5, 0.6) is 0 Å². The fourth-order valence-corrected chi connectivity index (χ4v) is 2.12. The maximum atomic E-state index is 10.0. The van der Waals surface area contributed by atoms with Crippen LogP contribution >= 0.6 is 35.7 Å². The zero-order valence-electron chi connectivity index (χ0n) is 4.37. The molecule has 0 aliphatic rings. The van der Waals surface area contributed by atoms with Gasteiger partial charge in [-0.15, -0.1) is 11.3 Å². The molecule has 0 spiro atoms. The molecule has 0 saturated heterocycles. The average molecular weight is 224 g/mol. The zero-order chi connectivity index (χ0) is 6.69. The molecule has 0 N–H and O–H groups in total. The first-order valence-corrected chi connectivity index (χ1v) is 4.83. The standard InChI is InChI=1S/C4H3BrNOPS/c5-3-1-6-4(9-3)2-8-7/h1H,2H2. The minimum absolute atomic E-state index is 0.135. The molecule has 0 radical (unpaired) electrons. The van der Waals surface area contributed by atoms with Gasteiger partial charge in [0.1, 0.15) is 5.01 Å². The monoisotopic (exact) mass is 223 g/mol. The van der Waals surface area contributed by atoms with E-state index in [9.17, 15) is 4.57 Å². The summed E-state index contributed by atoms with van der Waals surface area (Å²) in [6, 6.07) is 0. The van der Waals surface area contributed by atoms with E-state index in [1.165, 1.54) is 11.3 Å². The van der Waals surface area contributed by atoms with Crippen LogP contribution in [0, 0.1) is 0 Å². The van der Waals surface area contributed by atoms with E-state index in [1.54, 1.807) is 6.20 Å². The predicted molar refractivity (Wildman–Crippen MR) is 41.1 cm³/mol. The molecule has 0 atom stereocenters. The van der Waals surface area contributed by atoms with Gasteiger partial charge in [0, 0.05) is 0 Å². The summed E-state index contributed by atoms with van der Waals surface area (Å²) in [7, 11) is 0.135. The Morgan fingerprint density at radius 2 is 2.67 bits per heavy atom. The van der Waals surface area contributed by atoms with E-state index in [2.05, 4.69) is 20.9 Å². The first kappa shape index (κ1) is 7.32. The summed E-state index contributed by atoms with van der Waals surface area (Å²) in [4.78, 5) is 3.97. The molecule has 0 amide bonds. The molecule has 0 saturated carbocycles. The Bertz CT molecular complexity index is 214. The van der Waals surface area contributed by atoms with Gasteiger partial charge in [-0.25, -0.2) is 4.98 Å². The molecule has 1 aromatic rings. The fourth-order valence-electron chi connectivity index (χ4n) is 0.416. The Balaban J connectivity index is 2.72. The first-order chi connectivity index (χ1) is 4.33. The number of aromatic nitrogens is 1. The zero-order valence-corrected chi connectivity index (χ0v) is 7.67. The second kappa shape index (κ2) is 3.40. The summed E-state index contributed by atoms with van der Waals surface area (Å²) in [5, 5.41) is 0.901. The second-order valence-electron chi connectivity index (χ2n) is 1.35. The minimum atomic E-state index is 0.135. The third-order valence-corrected chi connectivity index (χ3v) is 2.84. The first-order valence-electron chi connectivity index (χ1n) is 2.22. The number of halogens is 1. The van der Waals surface area contributed by atoms with Crippen molar-refractivity contribution in [2.75, 3.05) is 0 Å². The summed E-state index contributed by atoms with van der Waals surface area (Å²) >= 11 is 4.76. The topological polar surface area (TPSA) is 30.0 Å². The Hall–Kier alpha value is 0.210. The van der Waals surface area contributed by atoms with Gasteiger partial charge in [0.2, 0.25) is 0 Å². The van der Waals surface area contributed by atoms with Gasteiger partial charge in [0.15, 0.2) is 8.46 Å². The van der Waals surface area contributed by atoms with Crippen molar-refractivity contribution < 1.29 is 4.57 Å². The van der Waals surface area contributed by atoms with Crippen LogP contribution in [0.3, 0.4) is 0 Å². The molecule has 0 aromatic carbocycles. The van der Waals surface area contributed by atoms with Crippen molar-refractivity contribution in [3.05, 3.63) is 15.0 Å². The number of hydrogen-bond donors (Lipinski definition) is 0. The highest BCUT2D eigenvalue weighted by Gasteiger charge is 1.96. The van der Waals surface area contributed by atoms with Gasteiger partial charge in [-0.05, 0) is 15.9 Å². The highest BCUT2D eigenvalue weighted by molar-refractivity contribution is 9.11. The largest absolute Gasteiger partial charge is 0.275 e. The molecule has 1 rings (SSSR count). The summed E-state index contributed by atoms with van der Waals surface area (Å²) in [5.41, 5.74) is 0. The Kier molecular flexibility index (Phi) is 2.76. The van der Waals surface area contributed by atoms with Crippen molar-refractivity contribution in [3.63, 3.8) is 0 Å².